The van der Waals surface area contributed by atoms with E-state index in [1.54, 1.807) is 18.2 Å². The van der Waals surface area contributed by atoms with Crippen LogP contribution in [0.5, 0.6) is 0 Å². The quantitative estimate of drug-likeness (QED) is 0.0979. The van der Waals surface area contributed by atoms with Crippen molar-refractivity contribution in [3.05, 3.63) is 99.1 Å². The Balaban J connectivity index is 1.54. The molecule has 15 heteroatoms. The van der Waals surface area contributed by atoms with E-state index in [1.165, 1.54) is 4.31 Å². The zero-order valence-corrected chi connectivity index (χ0v) is 26.0. The maximum absolute atomic E-state index is 13.7. The fourth-order valence-electron chi connectivity index (χ4n) is 5.25. The molecule has 4 rings (SSSR count). The third-order valence-corrected chi connectivity index (χ3v) is 9.44. The number of benzene rings is 3. The van der Waals surface area contributed by atoms with Crippen LogP contribution < -0.4 is 20.3 Å². The first-order chi connectivity index (χ1) is 21.8. The van der Waals surface area contributed by atoms with Gasteiger partial charge >= 0.3 is 6.18 Å². The molecule has 0 aromatic heterocycles. The topological polar surface area (TPSA) is 160 Å². The molecule has 3 aromatic carbocycles. The fraction of sp³-hybridized carbons (Fsp3) is 0.387. The monoisotopic (exact) mass is 665 g/mol. The van der Waals surface area contributed by atoms with Gasteiger partial charge in [0.05, 0.1) is 34.1 Å². The number of aliphatic hydroxyl groups is 1. The molecule has 0 unspecified atom stereocenters. The van der Waals surface area contributed by atoms with Gasteiger partial charge in [-0.25, -0.2) is 0 Å². The molecule has 1 heterocycles. The highest BCUT2D eigenvalue weighted by Gasteiger charge is 2.33. The van der Waals surface area contributed by atoms with Crippen LogP contribution in [0.3, 0.4) is 0 Å². The van der Waals surface area contributed by atoms with Crippen LogP contribution in [0.2, 0.25) is 0 Å². The summed E-state index contributed by atoms with van der Waals surface area (Å²) >= 11 is 0. The second-order valence-electron chi connectivity index (χ2n) is 11.1. The molecule has 250 valence electrons. The van der Waals surface area contributed by atoms with Crippen molar-refractivity contribution in [1.29, 1.82) is 0 Å². The van der Waals surface area contributed by atoms with Gasteiger partial charge in [-0.2, -0.15) is 13.2 Å². The number of amides is 1. The Kier molecular flexibility index (Phi) is 11.5. The number of carbonyl (C=O) groups excluding carboxylic acids is 1. The summed E-state index contributed by atoms with van der Waals surface area (Å²) in [4.78, 5) is 24.0. The minimum absolute atomic E-state index is 0.00817. The molecular formula is C31H38F3N5O6S. The lowest BCUT2D eigenvalue weighted by Crippen LogP contribution is -2.48. The number of nitro benzene ring substituents is 1. The van der Waals surface area contributed by atoms with Crippen LogP contribution in [0.4, 0.5) is 30.2 Å². The number of nitrogens with zero attached hydrogens (tertiary/aromatic N) is 2. The average Bonchev–Trinajstić information content (AvgIpc) is 3.00. The summed E-state index contributed by atoms with van der Waals surface area (Å²) in [5, 5.41) is 31.3. The minimum atomic E-state index is -4.78. The summed E-state index contributed by atoms with van der Waals surface area (Å²) in [6, 6.07) is 15.5. The second-order valence-corrected chi connectivity index (χ2v) is 13.2. The Morgan fingerprint density at radius 3 is 2.46 bits per heavy atom. The van der Waals surface area contributed by atoms with E-state index in [-0.39, 0.29) is 36.4 Å². The van der Waals surface area contributed by atoms with Crippen LogP contribution in [0.25, 0.3) is 0 Å². The van der Waals surface area contributed by atoms with Gasteiger partial charge < -0.3 is 21.1 Å². The lowest BCUT2D eigenvalue weighted by molar-refractivity contribution is -0.385. The van der Waals surface area contributed by atoms with Gasteiger partial charge in [0.1, 0.15) is 0 Å². The summed E-state index contributed by atoms with van der Waals surface area (Å²) in [6.45, 7) is 2.49. The normalized spacial score (nSPS) is 16.7. The van der Waals surface area contributed by atoms with Crippen molar-refractivity contribution in [2.75, 3.05) is 35.0 Å². The van der Waals surface area contributed by atoms with Crippen molar-refractivity contribution in [3.63, 3.8) is 0 Å². The Morgan fingerprint density at radius 1 is 1.07 bits per heavy atom. The van der Waals surface area contributed by atoms with Crippen LogP contribution in [-0.2, 0) is 19.1 Å². The van der Waals surface area contributed by atoms with Gasteiger partial charge in [-0.3, -0.25) is 28.3 Å². The van der Waals surface area contributed by atoms with Crippen LogP contribution in [0, 0.1) is 10.1 Å². The molecule has 0 aliphatic carbocycles. The van der Waals surface area contributed by atoms with E-state index in [0.717, 1.165) is 24.1 Å². The number of alkyl halides is 3. The van der Waals surface area contributed by atoms with E-state index in [2.05, 4.69) is 16.0 Å². The van der Waals surface area contributed by atoms with Crippen LogP contribution >= 0.6 is 10.8 Å². The standard InChI is InChI=1S/C31H38F3N5O6S/c1-2-36-25-15-23(16-26(18-25)38-10-6-7-11-46(38,44)45)30(41)37-28(14-21-8-4-3-5-9-21)29(40)20-35-19-22-12-24(31(32,33)34)17-27(13-22)39(42)43/h3-5,8-9,12-13,15-18,28-29,35-36,40,44-45H,2,6-7,10-11,14,19-20H2,1H3,(H,37,41)/t28-,29+/m0/s1. The highest BCUT2D eigenvalue weighted by molar-refractivity contribution is 8.25. The highest BCUT2D eigenvalue weighted by Crippen LogP contribution is 2.50. The predicted octanol–water partition coefficient (Wildman–Crippen LogP) is 5.80. The molecule has 1 aliphatic heterocycles. The van der Waals surface area contributed by atoms with Crippen molar-refractivity contribution in [3.8, 4) is 0 Å². The van der Waals surface area contributed by atoms with Gasteiger partial charge in [-0.05, 0) is 61.6 Å². The number of hydrogen-bond acceptors (Lipinski definition) is 9. The summed E-state index contributed by atoms with van der Waals surface area (Å²) in [5.74, 6) is -0.297. The molecule has 6 N–H and O–H groups in total. The second kappa shape index (κ2) is 15.1. The summed E-state index contributed by atoms with van der Waals surface area (Å²) in [6.07, 6.45) is -4.33. The van der Waals surface area contributed by atoms with Crippen molar-refractivity contribution in [1.82, 2.24) is 10.6 Å². The number of aliphatic hydroxyl groups excluding tert-OH is 1. The Hall–Kier alpha value is -3.89. The molecule has 1 aliphatic rings. The van der Waals surface area contributed by atoms with Crippen molar-refractivity contribution < 1.29 is 37.1 Å². The molecule has 0 saturated carbocycles. The Labute approximate surface area is 266 Å². The molecule has 1 saturated heterocycles. The number of nitro groups is 1. The van der Waals surface area contributed by atoms with Crippen LogP contribution in [0.15, 0.2) is 66.7 Å². The number of carbonyl (C=O) groups is 1. The number of hydrogen-bond donors (Lipinski definition) is 6. The number of halogens is 3. The number of anilines is 2. The molecule has 3 aromatic rings. The van der Waals surface area contributed by atoms with E-state index in [0.29, 0.717) is 37.0 Å². The highest BCUT2D eigenvalue weighted by atomic mass is 32.3. The molecular weight excluding hydrogens is 627 g/mol. The molecule has 46 heavy (non-hydrogen) atoms. The van der Waals surface area contributed by atoms with Gasteiger partial charge in [0.25, 0.3) is 11.6 Å². The molecule has 0 radical (unpaired) electrons. The van der Waals surface area contributed by atoms with Crippen LogP contribution in [-0.4, -0.2) is 62.6 Å². The van der Waals surface area contributed by atoms with Gasteiger partial charge in [0.15, 0.2) is 0 Å². The molecule has 1 amide bonds. The molecule has 0 bridgehead atoms. The lowest BCUT2D eigenvalue weighted by atomic mass is 10.00. The molecule has 2 atom stereocenters. The van der Waals surface area contributed by atoms with Gasteiger partial charge in [-0.15, -0.1) is 10.8 Å². The fourth-order valence-corrected chi connectivity index (χ4v) is 6.93. The Bertz CT molecular complexity index is 1510. The zero-order valence-electron chi connectivity index (χ0n) is 25.2. The van der Waals surface area contributed by atoms with E-state index in [9.17, 15) is 42.3 Å². The number of non-ortho nitro benzene ring substituents is 1. The smallest absolute Gasteiger partial charge is 0.390 e. The van der Waals surface area contributed by atoms with E-state index < -0.39 is 51.2 Å². The van der Waals surface area contributed by atoms with Crippen molar-refractivity contribution in [2.24, 2.45) is 0 Å². The lowest BCUT2D eigenvalue weighted by Gasteiger charge is -2.47. The van der Waals surface area contributed by atoms with E-state index in [4.69, 9.17) is 0 Å². The maximum atomic E-state index is 13.7. The van der Waals surface area contributed by atoms with Crippen molar-refractivity contribution in [2.45, 2.75) is 51.1 Å². The molecule has 0 spiro atoms. The first kappa shape index (κ1) is 35.0. The van der Waals surface area contributed by atoms with Crippen molar-refractivity contribution >= 4 is 33.7 Å². The summed E-state index contributed by atoms with van der Waals surface area (Å²) < 4.78 is 62.9. The molecule has 1 fully saturated rings. The minimum Gasteiger partial charge on any atom is -0.390 e. The third-order valence-electron chi connectivity index (χ3n) is 7.51. The molecule has 11 nitrogen and oxygen atoms in total. The Morgan fingerprint density at radius 2 is 1.80 bits per heavy atom. The third kappa shape index (κ3) is 9.33. The SMILES string of the molecule is CCNc1cc(C(=O)N[C@@H](Cc2ccccc2)[C@H](O)CNCc2cc([N+](=O)[O-])cc(C(F)(F)F)c2)cc(N2CCCCS2(O)O)c1. The first-order valence-electron chi connectivity index (χ1n) is 14.8. The first-order valence-corrected chi connectivity index (χ1v) is 16.5. The van der Waals surface area contributed by atoms with Gasteiger partial charge in [0.2, 0.25) is 0 Å². The average molecular weight is 666 g/mol. The zero-order chi connectivity index (χ0) is 33.5. The summed E-state index contributed by atoms with van der Waals surface area (Å²) in [7, 11) is -3.05. The van der Waals surface area contributed by atoms with E-state index >= 15 is 0 Å². The number of nitrogens with one attached hydrogen (secondary N) is 3. The predicted molar refractivity (Wildman–Crippen MR) is 172 cm³/mol. The van der Waals surface area contributed by atoms with Crippen LogP contribution in [0.1, 0.15) is 46.8 Å². The maximum Gasteiger partial charge on any atom is 0.416 e. The largest absolute Gasteiger partial charge is 0.416 e. The van der Waals surface area contributed by atoms with Gasteiger partial charge in [-0.1, -0.05) is 30.3 Å². The number of rotatable bonds is 13. The van der Waals surface area contributed by atoms with Gasteiger partial charge in [0, 0.05) is 49.6 Å². The summed E-state index contributed by atoms with van der Waals surface area (Å²) in [5.41, 5.74) is 0.259. The van der Waals surface area contributed by atoms with E-state index in [1.807, 2.05) is 37.3 Å².